The quantitative estimate of drug-likeness (QED) is 0.736. The van der Waals surface area contributed by atoms with Crippen molar-refractivity contribution < 1.29 is 19.1 Å². The van der Waals surface area contributed by atoms with Crippen molar-refractivity contribution in [3.05, 3.63) is 47.3 Å². The average molecular weight is 263 g/mol. The maximum absolute atomic E-state index is 12.6. The Balaban J connectivity index is 2.24. The Kier molecular flexibility index (Phi) is 3.28. The van der Waals surface area contributed by atoms with Gasteiger partial charge in [0.2, 0.25) is 5.95 Å². The molecule has 19 heavy (non-hydrogen) atoms. The summed E-state index contributed by atoms with van der Waals surface area (Å²) in [6.07, 6.45) is 1.07. The Labute approximate surface area is 107 Å². The number of aromatic carboxylic acids is 1. The zero-order valence-corrected chi connectivity index (χ0v) is 9.90. The molecule has 7 heteroatoms. The number of nitrogens with zero attached hydrogens (tertiary/aromatic N) is 1. The van der Waals surface area contributed by atoms with Crippen molar-refractivity contribution in [1.29, 1.82) is 0 Å². The first-order valence-electron chi connectivity index (χ1n) is 5.33. The molecule has 1 amide bonds. The highest BCUT2D eigenvalue weighted by Crippen LogP contribution is 2.17. The standard InChI is InChI=1S/C12H10FN3O3/c1-6-4-8(10(15-6)12(18)19)16-11(17)7-2-3-9(13)14-5-7/h2-5,15H,1H3,(H,16,17)(H,18,19). The number of carbonyl (C=O) groups excluding carboxylic acids is 1. The number of carboxylic acid groups (broad SMARTS) is 1. The van der Waals surface area contributed by atoms with E-state index in [1.54, 1.807) is 6.92 Å². The molecule has 0 bridgehead atoms. The summed E-state index contributed by atoms with van der Waals surface area (Å²) in [4.78, 5) is 28.8. The predicted molar refractivity (Wildman–Crippen MR) is 64.6 cm³/mol. The van der Waals surface area contributed by atoms with Crippen LogP contribution in [0.3, 0.4) is 0 Å². The number of carboxylic acids is 1. The Hall–Kier alpha value is -2.70. The van der Waals surface area contributed by atoms with Crippen LogP contribution in [0.25, 0.3) is 0 Å². The van der Waals surface area contributed by atoms with Crippen LogP contribution in [0.4, 0.5) is 10.1 Å². The molecule has 2 aromatic heterocycles. The molecule has 2 heterocycles. The zero-order valence-electron chi connectivity index (χ0n) is 9.90. The maximum Gasteiger partial charge on any atom is 0.354 e. The van der Waals surface area contributed by atoms with E-state index < -0.39 is 17.8 Å². The third-order valence-corrected chi connectivity index (χ3v) is 2.40. The fraction of sp³-hybridized carbons (Fsp3) is 0.0833. The molecule has 0 atom stereocenters. The van der Waals surface area contributed by atoms with Gasteiger partial charge in [-0.25, -0.2) is 9.78 Å². The SMILES string of the molecule is Cc1cc(NC(=O)c2ccc(F)nc2)c(C(=O)O)[nH]1. The predicted octanol–water partition coefficient (Wildman–Crippen LogP) is 1.81. The molecule has 0 fully saturated rings. The molecule has 0 spiro atoms. The molecule has 2 rings (SSSR count). The summed E-state index contributed by atoms with van der Waals surface area (Å²) in [6, 6.07) is 3.81. The van der Waals surface area contributed by atoms with Gasteiger partial charge in [0.05, 0.1) is 11.3 Å². The van der Waals surface area contributed by atoms with Crippen molar-refractivity contribution in [2.45, 2.75) is 6.92 Å². The lowest BCUT2D eigenvalue weighted by Crippen LogP contribution is -2.14. The Morgan fingerprint density at radius 2 is 2.16 bits per heavy atom. The summed E-state index contributed by atoms with van der Waals surface area (Å²) in [7, 11) is 0. The van der Waals surface area contributed by atoms with Crippen LogP contribution in [-0.4, -0.2) is 27.0 Å². The van der Waals surface area contributed by atoms with E-state index in [-0.39, 0.29) is 16.9 Å². The van der Waals surface area contributed by atoms with Gasteiger partial charge in [0.15, 0.2) is 0 Å². The number of aromatic nitrogens is 2. The van der Waals surface area contributed by atoms with Crippen LogP contribution in [0.15, 0.2) is 24.4 Å². The summed E-state index contributed by atoms with van der Waals surface area (Å²) < 4.78 is 12.6. The second kappa shape index (κ2) is 4.89. The molecule has 0 aliphatic heterocycles. The topological polar surface area (TPSA) is 95.1 Å². The van der Waals surface area contributed by atoms with Gasteiger partial charge in [-0.2, -0.15) is 4.39 Å². The van der Waals surface area contributed by atoms with Crippen LogP contribution in [0.1, 0.15) is 26.5 Å². The number of anilines is 1. The number of nitrogens with one attached hydrogen (secondary N) is 2. The maximum atomic E-state index is 12.6. The van der Waals surface area contributed by atoms with Crippen molar-refractivity contribution >= 4 is 17.6 Å². The minimum absolute atomic E-state index is 0.110. The van der Waals surface area contributed by atoms with Crippen LogP contribution in [0, 0.1) is 12.9 Å². The third-order valence-electron chi connectivity index (χ3n) is 2.40. The van der Waals surface area contributed by atoms with Crippen molar-refractivity contribution in [1.82, 2.24) is 9.97 Å². The van der Waals surface area contributed by atoms with Crippen LogP contribution in [-0.2, 0) is 0 Å². The molecule has 0 aliphatic rings. The van der Waals surface area contributed by atoms with Gasteiger partial charge in [-0.1, -0.05) is 0 Å². The van der Waals surface area contributed by atoms with Gasteiger partial charge in [-0.3, -0.25) is 4.79 Å². The van der Waals surface area contributed by atoms with Crippen molar-refractivity contribution in [3.8, 4) is 0 Å². The van der Waals surface area contributed by atoms with Gasteiger partial charge in [-0.05, 0) is 25.1 Å². The van der Waals surface area contributed by atoms with E-state index in [2.05, 4.69) is 15.3 Å². The largest absolute Gasteiger partial charge is 0.477 e. The number of aromatic amines is 1. The summed E-state index contributed by atoms with van der Waals surface area (Å²) in [5.41, 5.74) is 0.779. The van der Waals surface area contributed by atoms with Gasteiger partial charge in [0.25, 0.3) is 5.91 Å². The molecule has 0 unspecified atom stereocenters. The van der Waals surface area contributed by atoms with E-state index in [4.69, 9.17) is 5.11 Å². The lowest BCUT2D eigenvalue weighted by atomic mass is 10.2. The van der Waals surface area contributed by atoms with Gasteiger partial charge >= 0.3 is 5.97 Å². The number of halogens is 1. The number of hydrogen-bond donors (Lipinski definition) is 3. The first-order chi connectivity index (χ1) is 8.97. The first kappa shape index (κ1) is 12.7. The lowest BCUT2D eigenvalue weighted by molar-refractivity contribution is 0.0692. The normalized spacial score (nSPS) is 10.2. The molecule has 2 aromatic rings. The number of aryl methyl sites for hydroxylation is 1. The average Bonchev–Trinajstić information content (AvgIpc) is 2.71. The van der Waals surface area contributed by atoms with E-state index in [9.17, 15) is 14.0 Å². The third kappa shape index (κ3) is 2.76. The Morgan fingerprint density at radius 3 is 2.74 bits per heavy atom. The van der Waals surface area contributed by atoms with E-state index in [0.29, 0.717) is 5.69 Å². The minimum atomic E-state index is -1.18. The van der Waals surface area contributed by atoms with Crippen LogP contribution in [0.5, 0.6) is 0 Å². The second-order valence-corrected chi connectivity index (χ2v) is 3.87. The molecular formula is C12H10FN3O3. The smallest absolute Gasteiger partial charge is 0.354 e. The van der Waals surface area contributed by atoms with E-state index in [0.717, 1.165) is 12.3 Å². The van der Waals surface area contributed by atoms with Crippen LogP contribution >= 0.6 is 0 Å². The molecule has 6 nitrogen and oxygen atoms in total. The van der Waals surface area contributed by atoms with Crippen LogP contribution in [0.2, 0.25) is 0 Å². The van der Waals surface area contributed by atoms with Crippen LogP contribution < -0.4 is 5.32 Å². The summed E-state index contributed by atoms with van der Waals surface area (Å²) in [5.74, 6) is -2.44. The molecular weight excluding hydrogens is 253 g/mol. The number of H-pyrrole nitrogens is 1. The number of amides is 1. The first-order valence-corrected chi connectivity index (χ1v) is 5.33. The number of pyridine rings is 1. The minimum Gasteiger partial charge on any atom is -0.477 e. The van der Waals surface area contributed by atoms with E-state index in [1.807, 2.05) is 0 Å². The molecule has 0 aliphatic carbocycles. The van der Waals surface area contributed by atoms with Gasteiger partial charge in [0, 0.05) is 11.9 Å². The fourth-order valence-corrected chi connectivity index (χ4v) is 1.56. The molecule has 0 aromatic carbocycles. The Morgan fingerprint density at radius 1 is 1.42 bits per heavy atom. The summed E-state index contributed by atoms with van der Waals surface area (Å²) in [5, 5.41) is 11.4. The summed E-state index contributed by atoms with van der Waals surface area (Å²) >= 11 is 0. The second-order valence-electron chi connectivity index (χ2n) is 3.87. The molecule has 0 radical (unpaired) electrons. The van der Waals surface area contributed by atoms with Crippen molar-refractivity contribution in [2.75, 3.05) is 5.32 Å². The van der Waals surface area contributed by atoms with Gasteiger partial charge in [-0.15, -0.1) is 0 Å². The molecule has 0 saturated carbocycles. The molecule has 0 saturated heterocycles. The summed E-state index contributed by atoms with van der Waals surface area (Å²) in [6.45, 7) is 1.67. The number of hydrogen-bond acceptors (Lipinski definition) is 3. The molecule has 98 valence electrons. The molecule has 3 N–H and O–H groups in total. The lowest BCUT2D eigenvalue weighted by Gasteiger charge is -2.03. The zero-order chi connectivity index (χ0) is 14.0. The Bertz CT molecular complexity index is 634. The van der Waals surface area contributed by atoms with E-state index in [1.165, 1.54) is 12.1 Å². The van der Waals surface area contributed by atoms with Gasteiger partial charge < -0.3 is 15.4 Å². The van der Waals surface area contributed by atoms with Gasteiger partial charge in [0.1, 0.15) is 5.69 Å². The van der Waals surface area contributed by atoms with Crippen molar-refractivity contribution in [2.24, 2.45) is 0 Å². The highest BCUT2D eigenvalue weighted by Gasteiger charge is 2.16. The number of carbonyl (C=O) groups is 2. The van der Waals surface area contributed by atoms with Crippen molar-refractivity contribution in [3.63, 3.8) is 0 Å². The number of rotatable bonds is 3. The fourth-order valence-electron chi connectivity index (χ4n) is 1.56. The monoisotopic (exact) mass is 263 g/mol. The van der Waals surface area contributed by atoms with E-state index >= 15 is 0 Å². The highest BCUT2D eigenvalue weighted by atomic mass is 19.1. The highest BCUT2D eigenvalue weighted by molar-refractivity contribution is 6.07.